The maximum absolute atomic E-state index is 12.4. The molecule has 0 aliphatic carbocycles. The molecule has 14 N–H and O–H groups in total. The van der Waals surface area contributed by atoms with Crippen molar-refractivity contribution in [1.82, 2.24) is 14.2 Å². The Kier molecular flexibility index (Phi) is 17.2. The minimum atomic E-state index is -5.38. The lowest BCUT2D eigenvalue weighted by Gasteiger charge is -2.48. The van der Waals surface area contributed by atoms with Gasteiger partial charge in [0.1, 0.15) is 67.0 Å². The first kappa shape index (κ1) is 50.7. The van der Waals surface area contributed by atoms with Gasteiger partial charge in [-0.3, -0.25) is 22.8 Å². The van der Waals surface area contributed by atoms with Gasteiger partial charge in [0.25, 0.3) is 0 Å². The molecular weight excluding hydrogens is 923 g/mol. The normalized spacial score (nSPS) is 37.0. The molecule has 3 aliphatic heterocycles. The second-order valence-electron chi connectivity index (χ2n) is 11.9. The van der Waals surface area contributed by atoms with Crippen molar-refractivity contribution in [3.63, 3.8) is 0 Å². The molecule has 0 spiro atoms. The Bertz CT molecular complexity index is 1970. The van der Waals surface area contributed by atoms with Crippen LogP contribution in [0.5, 0.6) is 0 Å². The van der Waals surface area contributed by atoms with Crippen LogP contribution in [0.4, 0.5) is 0 Å². The van der Waals surface area contributed by atoms with Gasteiger partial charge in [-0.1, -0.05) is 0 Å². The summed E-state index contributed by atoms with van der Waals surface area (Å²) < 4.78 is 203. The van der Waals surface area contributed by atoms with Crippen molar-refractivity contribution in [3.8, 4) is 0 Å². The van der Waals surface area contributed by atoms with Crippen molar-refractivity contribution in [3.05, 3.63) is 0 Å². The number of hydrogen-bond acceptors (Lipinski definition) is 24. The maximum atomic E-state index is 12.4. The fourth-order valence-electron chi connectivity index (χ4n) is 5.41. The lowest BCUT2D eigenvalue weighted by Crippen LogP contribution is -2.69. The topological polar surface area (TPSA) is 520 Å². The number of carbonyl (C=O) groups is 1. The van der Waals surface area contributed by atoms with E-state index in [9.17, 15) is 86.6 Å². The van der Waals surface area contributed by atoms with Crippen LogP contribution >= 0.6 is 0 Å². The van der Waals surface area contributed by atoms with Gasteiger partial charge >= 0.3 is 57.7 Å². The van der Waals surface area contributed by atoms with Gasteiger partial charge in [-0.05, 0) is 0 Å². The third-order valence-electron chi connectivity index (χ3n) is 7.75. The minimum Gasteiger partial charge on any atom is -0.479 e. The molecule has 3 rings (SSSR count). The average Bonchev–Trinajstić information content (AvgIpc) is 3.04. The third-order valence-corrected chi connectivity index (χ3v) is 10.3. The standard InChI is InChI=1S/C20H37N3O30S5/c24-9-5(3-47-57(40,41)42)49-19(7(10(9)25)22-55(34,35)36)52-15-12(27)13(28)20(53-16(15)17(29)30)51-14-6(4-48-58(43,44)45)50-18(46-2-1-21-54(31,32)33)8(11(14)26)23-56(37,38)39/h5-16,18-28H,1-4H2,(H,29,30)(H,31,32,33)(H,34,35,36)(H,37,38,39)(H,40,41,42)(H,43,44,45)/t5-,6-,7-,8-,9-,10-,11-,12-,13-,14-,15+,16+,18-,19-,20-/m1/s1. The molecule has 3 aliphatic rings. The van der Waals surface area contributed by atoms with Gasteiger partial charge < -0.3 is 59.1 Å². The SMILES string of the molecule is O=C(O)[C@H]1O[C@@H](O[C@H]2[C@H](O)[C@@H](NS(=O)(=O)O)[C@H](OCCNS(=O)(=O)O)O[C@@H]2COS(=O)(=O)O)[C@H](O)[C@@H](O)[C@@H]1O[C@H]1O[C@H](COS(=O)(=O)O)[C@@H](O)[C@H](O)[C@H]1NS(=O)(=O)O. The van der Waals surface area contributed by atoms with E-state index < -0.39 is 176 Å². The molecular formula is C20H37N3O30S5. The van der Waals surface area contributed by atoms with Gasteiger partial charge in [0.2, 0.25) is 0 Å². The van der Waals surface area contributed by atoms with Crippen molar-refractivity contribution >= 4 is 57.7 Å². The van der Waals surface area contributed by atoms with Crippen LogP contribution in [-0.2, 0) is 93.3 Å². The van der Waals surface area contributed by atoms with E-state index in [-0.39, 0.29) is 0 Å². The molecule has 0 amide bonds. The van der Waals surface area contributed by atoms with Gasteiger partial charge in [0, 0.05) is 6.54 Å². The van der Waals surface area contributed by atoms with E-state index in [0.29, 0.717) is 0 Å². The monoisotopic (exact) mass is 959 g/mol. The van der Waals surface area contributed by atoms with Gasteiger partial charge in [-0.2, -0.15) is 56.3 Å². The summed E-state index contributed by atoms with van der Waals surface area (Å²) >= 11 is 0. The Hall–Kier alpha value is -1.62. The Morgan fingerprint density at radius 3 is 1.52 bits per heavy atom. The number of carboxylic acid groups (broad SMARTS) is 1. The van der Waals surface area contributed by atoms with Crippen molar-refractivity contribution in [2.24, 2.45) is 0 Å². The van der Waals surface area contributed by atoms with Crippen LogP contribution in [-0.4, -0.2) is 220 Å². The van der Waals surface area contributed by atoms with Crippen LogP contribution in [0, 0.1) is 0 Å². The van der Waals surface area contributed by atoms with E-state index in [0.717, 1.165) is 0 Å². The Labute approximate surface area is 326 Å². The molecule has 15 atom stereocenters. The van der Waals surface area contributed by atoms with E-state index in [1.807, 2.05) is 0 Å². The highest BCUT2D eigenvalue weighted by atomic mass is 32.3. The molecule has 3 saturated heterocycles. The van der Waals surface area contributed by atoms with Gasteiger partial charge in [0.05, 0.1) is 19.8 Å². The Morgan fingerprint density at radius 2 is 1.03 bits per heavy atom. The summed E-state index contributed by atoms with van der Waals surface area (Å²) in [5.74, 6) is -2.13. The number of aliphatic hydroxyl groups excluding tert-OH is 5. The number of ether oxygens (including phenoxy) is 6. The van der Waals surface area contributed by atoms with Crippen LogP contribution in [0.15, 0.2) is 0 Å². The molecule has 38 heteroatoms. The van der Waals surface area contributed by atoms with E-state index in [4.69, 9.17) is 42.1 Å². The largest absolute Gasteiger partial charge is 0.479 e. The average molecular weight is 960 g/mol. The molecule has 342 valence electrons. The molecule has 0 bridgehead atoms. The van der Waals surface area contributed by atoms with Gasteiger partial charge in [-0.15, -0.1) is 0 Å². The number of nitrogens with one attached hydrogen (secondary N) is 3. The van der Waals surface area contributed by atoms with Crippen molar-refractivity contribution in [2.75, 3.05) is 26.4 Å². The second-order valence-corrected chi connectivity index (χ2v) is 17.7. The number of rotatable bonds is 20. The molecule has 0 unspecified atom stereocenters. The van der Waals surface area contributed by atoms with E-state index >= 15 is 0 Å². The highest BCUT2D eigenvalue weighted by Crippen LogP contribution is 2.33. The Balaban J connectivity index is 1.96. The van der Waals surface area contributed by atoms with Gasteiger partial charge in [-0.25, -0.2) is 13.2 Å². The molecule has 3 fully saturated rings. The molecule has 0 aromatic heterocycles. The Morgan fingerprint density at radius 1 is 0.552 bits per heavy atom. The number of carboxylic acids is 1. The molecule has 0 radical (unpaired) electrons. The van der Waals surface area contributed by atoms with Crippen LogP contribution in [0.25, 0.3) is 0 Å². The first-order valence-corrected chi connectivity index (χ1v) is 22.3. The summed E-state index contributed by atoms with van der Waals surface area (Å²) in [7, 11) is -26.2. The van der Waals surface area contributed by atoms with E-state index in [2.05, 4.69) is 8.37 Å². The van der Waals surface area contributed by atoms with Crippen LogP contribution in [0.3, 0.4) is 0 Å². The summed E-state index contributed by atoms with van der Waals surface area (Å²) in [4.78, 5) is 12.4. The third kappa shape index (κ3) is 15.4. The molecule has 0 saturated carbocycles. The minimum absolute atomic E-state index is 0.767. The number of aliphatic hydroxyl groups is 5. The van der Waals surface area contributed by atoms with E-state index in [1.54, 1.807) is 0 Å². The van der Waals surface area contributed by atoms with Crippen LogP contribution < -0.4 is 14.2 Å². The van der Waals surface area contributed by atoms with Crippen LogP contribution in [0.1, 0.15) is 0 Å². The van der Waals surface area contributed by atoms with E-state index in [1.165, 1.54) is 14.2 Å². The fraction of sp³-hybridized carbons (Fsp3) is 0.950. The lowest BCUT2D eigenvalue weighted by atomic mass is 9.95. The van der Waals surface area contributed by atoms with Crippen molar-refractivity contribution in [2.45, 2.75) is 92.0 Å². The van der Waals surface area contributed by atoms with Crippen molar-refractivity contribution < 1.29 is 137 Å². The van der Waals surface area contributed by atoms with Crippen LogP contribution in [0.2, 0.25) is 0 Å². The summed E-state index contributed by atoms with van der Waals surface area (Å²) in [6, 6.07) is -4.62. The molecule has 3 heterocycles. The lowest BCUT2D eigenvalue weighted by molar-refractivity contribution is -0.361. The zero-order valence-electron chi connectivity index (χ0n) is 28.2. The zero-order valence-corrected chi connectivity index (χ0v) is 32.3. The predicted octanol–water partition coefficient (Wildman–Crippen LogP) is -9.61. The first-order chi connectivity index (χ1) is 26.3. The summed E-state index contributed by atoms with van der Waals surface area (Å²) in [5.41, 5.74) is 0. The quantitative estimate of drug-likeness (QED) is 0.0398. The first-order valence-electron chi connectivity index (χ1n) is 15.2. The summed E-state index contributed by atoms with van der Waals surface area (Å²) in [6.45, 7) is -4.34. The number of aliphatic carboxylic acids is 1. The molecule has 0 aromatic rings. The molecule has 33 nitrogen and oxygen atoms in total. The maximum Gasteiger partial charge on any atom is 0.397 e. The predicted molar refractivity (Wildman–Crippen MR) is 171 cm³/mol. The zero-order chi connectivity index (χ0) is 44.3. The summed E-state index contributed by atoms with van der Waals surface area (Å²) in [5, 5.41) is 64.1. The smallest absolute Gasteiger partial charge is 0.397 e. The highest BCUT2D eigenvalue weighted by Gasteiger charge is 2.56. The highest BCUT2D eigenvalue weighted by molar-refractivity contribution is 7.84. The summed E-state index contributed by atoms with van der Waals surface area (Å²) in [6.07, 6.45) is -31.5. The fourth-order valence-corrected chi connectivity index (χ4v) is 7.55. The molecule has 0 aromatic carbocycles. The van der Waals surface area contributed by atoms with Gasteiger partial charge in [0.15, 0.2) is 25.0 Å². The number of hydrogen-bond donors (Lipinski definition) is 14. The molecule has 58 heavy (non-hydrogen) atoms. The second kappa shape index (κ2) is 19.6. The van der Waals surface area contributed by atoms with Crippen molar-refractivity contribution in [1.29, 1.82) is 0 Å².